The average molecular weight is 230 g/mol. The van der Waals surface area contributed by atoms with Crippen LogP contribution in [-0.2, 0) is 0 Å². The highest BCUT2D eigenvalue weighted by Crippen LogP contribution is 2.21. The molecule has 0 aromatic heterocycles. The molecule has 5 heteroatoms. The molecule has 0 amide bonds. The van der Waals surface area contributed by atoms with Gasteiger partial charge >= 0.3 is 0 Å². The van der Waals surface area contributed by atoms with Crippen LogP contribution in [0.3, 0.4) is 0 Å². The van der Waals surface area contributed by atoms with Crippen molar-refractivity contribution in [3.63, 3.8) is 0 Å². The van der Waals surface area contributed by atoms with Gasteiger partial charge in [-0.2, -0.15) is 0 Å². The van der Waals surface area contributed by atoms with E-state index in [1.807, 2.05) is 42.5 Å². The van der Waals surface area contributed by atoms with Crippen LogP contribution in [0.1, 0.15) is 0 Å². The summed E-state index contributed by atoms with van der Waals surface area (Å²) in [6.45, 7) is 0. The molecule has 0 fully saturated rings. The maximum Gasteiger partial charge on any atom is 0.231 e. The Morgan fingerprint density at radius 3 is 2.69 bits per heavy atom. The number of fused-ring (bicyclic) bond motifs is 1. The second-order valence-electron chi connectivity index (χ2n) is 3.19. The maximum absolute atomic E-state index is 6.72. The minimum atomic E-state index is 0.105. The van der Waals surface area contributed by atoms with Crippen LogP contribution in [0, 0.1) is 5.53 Å². The molecule has 80 valence electrons. The third-order valence-corrected chi connectivity index (χ3v) is 2.39. The predicted molar refractivity (Wildman–Crippen MR) is 68.5 cm³/mol. The Kier molecular flexibility index (Phi) is 3.07. The highest BCUT2D eigenvalue weighted by molar-refractivity contribution is 7.80. The lowest BCUT2D eigenvalue weighted by Gasteiger charge is -2.09. The molecule has 0 aliphatic heterocycles. The van der Waals surface area contributed by atoms with Gasteiger partial charge in [-0.3, -0.25) is 10.9 Å². The molecule has 0 unspecified atom stereocenters. The molecule has 2 rings (SSSR count). The van der Waals surface area contributed by atoms with E-state index in [-0.39, 0.29) is 5.11 Å². The molecule has 0 radical (unpaired) electrons. The van der Waals surface area contributed by atoms with Crippen LogP contribution in [0.25, 0.3) is 10.8 Å². The van der Waals surface area contributed by atoms with Crippen LogP contribution < -0.4 is 10.9 Å². The highest BCUT2D eigenvalue weighted by atomic mass is 32.1. The van der Waals surface area contributed by atoms with Crippen LogP contribution >= 0.6 is 12.2 Å². The molecule has 2 aromatic rings. The number of hydrogen-bond acceptors (Lipinski definition) is 3. The van der Waals surface area contributed by atoms with Crippen LogP contribution in [-0.4, -0.2) is 5.11 Å². The second kappa shape index (κ2) is 4.67. The Hall–Kier alpha value is -2.01. The Morgan fingerprint density at radius 2 is 1.88 bits per heavy atom. The molecule has 0 saturated carbocycles. The van der Waals surface area contributed by atoms with E-state index < -0.39 is 0 Å². The first-order valence-electron chi connectivity index (χ1n) is 4.72. The third kappa shape index (κ3) is 2.14. The fraction of sp³-hybridized carbons (Fsp3) is 0. The predicted octanol–water partition coefficient (Wildman–Crippen LogP) is 3.07. The Bertz CT molecular complexity index is 533. The van der Waals surface area contributed by atoms with Gasteiger partial charge in [-0.1, -0.05) is 36.4 Å². The summed E-state index contributed by atoms with van der Waals surface area (Å²) in [7, 11) is 0. The van der Waals surface area contributed by atoms with E-state index in [0.717, 1.165) is 16.5 Å². The summed E-state index contributed by atoms with van der Waals surface area (Å²) in [6, 6.07) is 13.9. The largest absolute Gasteiger partial charge is 0.298 e. The van der Waals surface area contributed by atoms with E-state index in [4.69, 9.17) is 17.7 Å². The molecule has 0 bridgehead atoms. The van der Waals surface area contributed by atoms with Gasteiger partial charge in [0.15, 0.2) is 0 Å². The molecule has 16 heavy (non-hydrogen) atoms. The molecule has 0 spiro atoms. The first kappa shape index (κ1) is 10.5. The smallest absolute Gasteiger partial charge is 0.231 e. The SMILES string of the molecule is N=NC(=S)NNc1cccc2ccccc12. The minimum absolute atomic E-state index is 0.105. The molecule has 2 aromatic carbocycles. The maximum atomic E-state index is 6.72. The summed E-state index contributed by atoms with van der Waals surface area (Å²) in [4.78, 5) is 0. The number of hydrazine groups is 1. The molecule has 0 aliphatic rings. The van der Waals surface area contributed by atoms with Gasteiger partial charge < -0.3 is 0 Å². The van der Waals surface area contributed by atoms with Crippen molar-refractivity contribution in [1.29, 1.82) is 5.53 Å². The second-order valence-corrected chi connectivity index (χ2v) is 3.58. The topological polar surface area (TPSA) is 60.3 Å². The lowest BCUT2D eigenvalue weighted by molar-refractivity contribution is 1.07. The molecule has 0 atom stereocenters. The summed E-state index contributed by atoms with van der Waals surface area (Å²) < 4.78 is 0. The van der Waals surface area contributed by atoms with Crippen molar-refractivity contribution in [3.8, 4) is 0 Å². The zero-order chi connectivity index (χ0) is 11.4. The number of nitrogens with zero attached hydrogens (tertiary/aromatic N) is 1. The fourth-order valence-corrected chi connectivity index (χ4v) is 1.53. The summed E-state index contributed by atoms with van der Waals surface area (Å²) in [6.07, 6.45) is 0. The summed E-state index contributed by atoms with van der Waals surface area (Å²) in [5.41, 5.74) is 13.2. The first-order chi connectivity index (χ1) is 7.81. The van der Waals surface area contributed by atoms with Gasteiger partial charge in [-0.25, -0.2) is 5.53 Å². The molecule has 0 heterocycles. The van der Waals surface area contributed by atoms with Gasteiger partial charge in [0.2, 0.25) is 5.11 Å². The number of anilines is 1. The first-order valence-corrected chi connectivity index (χ1v) is 5.13. The number of benzene rings is 2. The average Bonchev–Trinajstić information content (AvgIpc) is 2.35. The van der Waals surface area contributed by atoms with E-state index >= 15 is 0 Å². The van der Waals surface area contributed by atoms with Gasteiger partial charge in [0, 0.05) is 5.39 Å². The van der Waals surface area contributed by atoms with Crippen LogP contribution in [0.4, 0.5) is 5.69 Å². The highest BCUT2D eigenvalue weighted by Gasteiger charge is 1.99. The number of nitrogens with one attached hydrogen (secondary N) is 3. The van der Waals surface area contributed by atoms with Gasteiger partial charge in [0.05, 0.1) is 5.69 Å². The summed E-state index contributed by atoms with van der Waals surface area (Å²) in [5, 5.41) is 5.43. The standard InChI is InChI=1S/C11H10N4S/c12-13-11(16)15-14-10-7-3-5-8-4-1-2-6-9(8)10/h1-7,12,14H,(H,15,16). The van der Waals surface area contributed by atoms with Crippen molar-refractivity contribution >= 4 is 33.8 Å². The summed E-state index contributed by atoms with van der Waals surface area (Å²) >= 11 is 4.75. The van der Waals surface area contributed by atoms with Gasteiger partial charge in [-0.15, -0.1) is 5.11 Å². The Labute approximate surface area is 98.1 Å². The van der Waals surface area contributed by atoms with E-state index in [0.29, 0.717) is 0 Å². The lowest BCUT2D eigenvalue weighted by Crippen LogP contribution is -2.25. The zero-order valence-corrected chi connectivity index (χ0v) is 9.21. The molecule has 4 nitrogen and oxygen atoms in total. The molecular weight excluding hydrogens is 220 g/mol. The van der Waals surface area contributed by atoms with Crippen LogP contribution in [0.15, 0.2) is 47.6 Å². The molecule has 0 saturated heterocycles. The molecular formula is C11H10N4S. The zero-order valence-electron chi connectivity index (χ0n) is 8.40. The monoisotopic (exact) mass is 230 g/mol. The van der Waals surface area contributed by atoms with Crippen molar-refractivity contribution in [3.05, 3.63) is 42.5 Å². The van der Waals surface area contributed by atoms with Crippen molar-refractivity contribution in [2.24, 2.45) is 5.11 Å². The van der Waals surface area contributed by atoms with E-state index in [1.165, 1.54) is 0 Å². The van der Waals surface area contributed by atoms with E-state index in [9.17, 15) is 0 Å². The number of thiocarbonyl (C=S) groups is 1. The van der Waals surface area contributed by atoms with Gasteiger partial charge in [-0.05, 0) is 23.7 Å². The third-order valence-electron chi connectivity index (χ3n) is 2.20. The van der Waals surface area contributed by atoms with Gasteiger partial charge in [0.1, 0.15) is 0 Å². The van der Waals surface area contributed by atoms with Gasteiger partial charge in [0.25, 0.3) is 0 Å². The van der Waals surface area contributed by atoms with Crippen molar-refractivity contribution in [2.45, 2.75) is 0 Å². The number of rotatable bonds is 2. The van der Waals surface area contributed by atoms with Crippen LogP contribution in [0.2, 0.25) is 0 Å². The lowest BCUT2D eigenvalue weighted by atomic mass is 10.1. The Morgan fingerprint density at radius 1 is 1.12 bits per heavy atom. The van der Waals surface area contributed by atoms with Crippen LogP contribution in [0.5, 0.6) is 0 Å². The van der Waals surface area contributed by atoms with E-state index in [2.05, 4.69) is 16.0 Å². The van der Waals surface area contributed by atoms with Crippen molar-refractivity contribution in [2.75, 3.05) is 5.43 Å². The van der Waals surface area contributed by atoms with Crippen molar-refractivity contribution < 1.29 is 0 Å². The van der Waals surface area contributed by atoms with E-state index in [1.54, 1.807) is 0 Å². The van der Waals surface area contributed by atoms with Crippen molar-refractivity contribution in [1.82, 2.24) is 5.43 Å². The summed E-state index contributed by atoms with van der Waals surface area (Å²) in [5.74, 6) is 0. The molecule has 3 N–H and O–H groups in total. The quantitative estimate of drug-likeness (QED) is 0.422. The Balaban J connectivity index is 2.30. The molecule has 0 aliphatic carbocycles. The fourth-order valence-electron chi connectivity index (χ4n) is 1.48. The minimum Gasteiger partial charge on any atom is -0.298 e. The number of hydrogen-bond donors (Lipinski definition) is 3. The normalized spacial score (nSPS) is 9.75.